The van der Waals surface area contributed by atoms with Crippen LogP contribution in [0.15, 0.2) is 18.2 Å². The molecule has 0 saturated heterocycles. The normalized spacial score (nSPS) is 12.5. The SMILES string of the molecule is Cl.NCCc1c(C(F)(F)F)[nH]c2ccc(C(F)(F)F)cc12. The molecule has 0 saturated carbocycles. The number of hydrogen-bond acceptors (Lipinski definition) is 1. The van der Waals surface area contributed by atoms with Crippen LogP contribution >= 0.6 is 12.4 Å². The van der Waals surface area contributed by atoms with Gasteiger partial charge in [-0.15, -0.1) is 12.4 Å². The van der Waals surface area contributed by atoms with E-state index >= 15 is 0 Å². The van der Waals surface area contributed by atoms with E-state index in [0.29, 0.717) is 6.07 Å². The molecule has 118 valence electrons. The van der Waals surface area contributed by atoms with Gasteiger partial charge in [-0.3, -0.25) is 0 Å². The van der Waals surface area contributed by atoms with Crippen molar-refractivity contribution >= 4 is 23.3 Å². The molecule has 0 aliphatic heterocycles. The molecule has 3 N–H and O–H groups in total. The van der Waals surface area contributed by atoms with Crippen molar-refractivity contribution in [3.05, 3.63) is 35.0 Å². The highest BCUT2D eigenvalue weighted by molar-refractivity contribution is 5.86. The summed E-state index contributed by atoms with van der Waals surface area (Å²) in [5.41, 5.74) is 2.98. The van der Waals surface area contributed by atoms with Crippen molar-refractivity contribution in [3.8, 4) is 0 Å². The van der Waals surface area contributed by atoms with E-state index in [4.69, 9.17) is 5.73 Å². The summed E-state index contributed by atoms with van der Waals surface area (Å²) in [5, 5.41) is -0.0994. The number of halogens is 7. The predicted octanol–water partition coefficient (Wildman–Crippen LogP) is 4.13. The number of rotatable bonds is 2. The molecule has 0 fully saturated rings. The van der Waals surface area contributed by atoms with Crippen LogP contribution in [0.1, 0.15) is 16.8 Å². The Kier molecular flexibility index (Phi) is 4.84. The highest BCUT2D eigenvalue weighted by Crippen LogP contribution is 2.38. The molecule has 0 amide bonds. The van der Waals surface area contributed by atoms with Crippen molar-refractivity contribution in [2.45, 2.75) is 18.8 Å². The summed E-state index contributed by atoms with van der Waals surface area (Å²) in [6, 6.07) is 2.45. The van der Waals surface area contributed by atoms with E-state index in [-0.39, 0.29) is 41.8 Å². The van der Waals surface area contributed by atoms with Crippen LogP contribution in [0.25, 0.3) is 10.9 Å². The average molecular weight is 333 g/mol. The van der Waals surface area contributed by atoms with E-state index in [1.807, 2.05) is 0 Å². The monoisotopic (exact) mass is 332 g/mol. The van der Waals surface area contributed by atoms with Gasteiger partial charge < -0.3 is 10.7 Å². The number of aromatic amines is 1. The molecular formula is C12H11ClF6N2. The van der Waals surface area contributed by atoms with E-state index < -0.39 is 23.6 Å². The van der Waals surface area contributed by atoms with Gasteiger partial charge in [0.25, 0.3) is 0 Å². The van der Waals surface area contributed by atoms with Crippen molar-refractivity contribution in [3.63, 3.8) is 0 Å². The average Bonchev–Trinajstić information content (AvgIpc) is 2.67. The Labute approximate surface area is 121 Å². The minimum absolute atomic E-state index is 0. The Balaban J connectivity index is 0.00000220. The molecule has 1 aromatic carbocycles. The molecule has 0 radical (unpaired) electrons. The van der Waals surface area contributed by atoms with Gasteiger partial charge in [-0.05, 0) is 36.7 Å². The molecule has 1 heterocycles. The zero-order valence-corrected chi connectivity index (χ0v) is 11.2. The summed E-state index contributed by atoms with van der Waals surface area (Å²) in [7, 11) is 0. The number of hydrogen-bond donors (Lipinski definition) is 2. The Hall–Kier alpha value is -1.41. The molecule has 1 aromatic heterocycles. The molecule has 0 atom stereocenters. The second kappa shape index (κ2) is 5.76. The maximum absolute atomic E-state index is 12.9. The van der Waals surface area contributed by atoms with Gasteiger partial charge in [0.1, 0.15) is 5.69 Å². The van der Waals surface area contributed by atoms with Crippen molar-refractivity contribution in [1.29, 1.82) is 0 Å². The number of nitrogens with two attached hydrogens (primary N) is 1. The number of nitrogens with one attached hydrogen (secondary N) is 1. The van der Waals surface area contributed by atoms with Crippen molar-refractivity contribution in [2.24, 2.45) is 5.73 Å². The summed E-state index contributed by atoms with van der Waals surface area (Å²) in [6.45, 7) is -0.0910. The molecule has 0 aliphatic rings. The molecule has 2 nitrogen and oxygen atoms in total. The third kappa shape index (κ3) is 3.44. The molecule has 9 heteroatoms. The topological polar surface area (TPSA) is 41.8 Å². The fourth-order valence-corrected chi connectivity index (χ4v) is 2.07. The second-order valence-electron chi connectivity index (χ2n) is 4.27. The maximum atomic E-state index is 12.9. The lowest BCUT2D eigenvalue weighted by atomic mass is 10.0. The molecule has 0 bridgehead atoms. The molecule has 0 aliphatic carbocycles. The van der Waals surface area contributed by atoms with Gasteiger partial charge in [0, 0.05) is 10.9 Å². The van der Waals surface area contributed by atoms with Crippen molar-refractivity contribution < 1.29 is 26.3 Å². The summed E-state index contributed by atoms with van der Waals surface area (Å²) in [4.78, 5) is 2.12. The van der Waals surface area contributed by atoms with E-state index in [0.717, 1.165) is 12.1 Å². The third-order valence-electron chi connectivity index (χ3n) is 2.91. The quantitative estimate of drug-likeness (QED) is 0.798. The first-order valence-corrected chi connectivity index (χ1v) is 5.63. The lowest BCUT2D eigenvalue weighted by Gasteiger charge is -2.08. The molecular weight excluding hydrogens is 322 g/mol. The highest BCUT2D eigenvalue weighted by Gasteiger charge is 2.37. The van der Waals surface area contributed by atoms with E-state index in [1.54, 1.807) is 0 Å². The number of fused-ring (bicyclic) bond motifs is 1. The summed E-state index contributed by atoms with van der Waals surface area (Å²) < 4.78 is 76.4. The summed E-state index contributed by atoms with van der Waals surface area (Å²) in [6.07, 6.45) is -9.43. The zero-order chi connectivity index (χ0) is 15.1. The Bertz CT molecular complexity index is 629. The van der Waals surface area contributed by atoms with E-state index in [9.17, 15) is 26.3 Å². The lowest BCUT2D eigenvalue weighted by Crippen LogP contribution is -2.12. The van der Waals surface area contributed by atoms with Gasteiger partial charge in [-0.2, -0.15) is 26.3 Å². The Morgan fingerprint density at radius 1 is 1.00 bits per heavy atom. The van der Waals surface area contributed by atoms with E-state index in [1.165, 1.54) is 0 Å². The van der Waals surface area contributed by atoms with Crippen LogP contribution in [0.3, 0.4) is 0 Å². The van der Waals surface area contributed by atoms with Crippen LogP contribution < -0.4 is 5.73 Å². The fourth-order valence-electron chi connectivity index (χ4n) is 2.07. The second-order valence-corrected chi connectivity index (χ2v) is 4.27. The fraction of sp³-hybridized carbons (Fsp3) is 0.333. The van der Waals surface area contributed by atoms with Crippen LogP contribution in [0, 0.1) is 0 Å². The van der Waals surface area contributed by atoms with Gasteiger partial charge in [0.05, 0.1) is 5.56 Å². The molecule has 21 heavy (non-hydrogen) atoms. The summed E-state index contributed by atoms with van der Waals surface area (Å²) >= 11 is 0. The van der Waals surface area contributed by atoms with Crippen LogP contribution in [0.2, 0.25) is 0 Å². The lowest BCUT2D eigenvalue weighted by molar-refractivity contribution is -0.141. The number of alkyl halides is 6. The van der Waals surface area contributed by atoms with Crippen LogP contribution in [0.4, 0.5) is 26.3 Å². The van der Waals surface area contributed by atoms with Crippen LogP contribution in [0.5, 0.6) is 0 Å². The van der Waals surface area contributed by atoms with Gasteiger partial charge >= 0.3 is 12.4 Å². The number of aromatic nitrogens is 1. The first-order valence-electron chi connectivity index (χ1n) is 5.63. The number of H-pyrrole nitrogens is 1. The minimum atomic E-state index is -4.66. The third-order valence-corrected chi connectivity index (χ3v) is 2.91. The smallest absolute Gasteiger partial charge is 0.351 e. The standard InChI is InChI=1S/C12H10F6N2.ClH/c13-11(14,15)6-1-2-9-8(5-6)7(3-4-19)10(20-9)12(16,17)18;/h1-2,5,20H,3-4,19H2;1H. The van der Waals surface area contributed by atoms with Gasteiger partial charge in [-0.1, -0.05) is 0 Å². The minimum Gasteiger partial charge on any atom is -0.351 e. The molecule has 0 spiro atoms. The van der Waals surface area contributed by atoms with Gasteiger partial charge in [0.2, 0.25) is 0 Å². The van der Waals surface area contributed by atoms with Gasteiger partial charge in [-0.25, -0.2) is 0 Å². The van der Waals surface area contributed by atoms with Crippen LogP contribution in [-0.2, 0) is 18.8 Å². The predicted molar refractivity (Wildman–Crippen MR) is 68.3 cm³/mol. The molecule has 0 unspecified atom stereocenters. The highest BCUT2D eigenvalue weighted by atomic mass is 35.5. The van der Waals surface area contributed by atoms with Crippen molar-refractivity contribution in [2.75, 3.05) is 6.54 Å². The first-order chi connectivity index (χ1) is 9.14. The van der Waals surface area contributed by atoms with E-state index in [2.05, 4.69) is 4.98 Å². The largest absolute Gasteiger partial charge is 0.431 e. The summed E-state index contributed by atoms with van der Waals surface area (Å²) in [5.74, 6) is 0. The Morgan fingerprint density at radius 3 is 2.10 bits per heavy atom. The zero-order valence-electron chi connectivity index (χ0n) is 10.4. The molecule has 2 aromatic rings. The Morgan fingerprint density at radius 2 is 1.62 bits per heavy atom. The van der Waals surface area contributed by atoms with Gasteiger partial charge in [0.15, 0.2) is 0 Å². The number of benzene rings is 1. The first kappa shape index (κ1) is 17.6. The van der Waals surface area contributed by atoms with Crippen LogP contribution in [-0.4, -0.2) is 11.5 Å². The molecule has 2 rings (SSSR count). The maximum Gasteiger partial charge on any atom is 0.431 e. The van der Waals surface area contributed by atoms with Crippen molar-refractivity contribution in [1.82, 2.24) is 4.98 Å².